The number of hydrogen-bond donors (Lipinski definition) is 1. The molecule has 1 aromatic carbocycles. The molecular formula is C12H9F4NO4. The highest BCUT2D eigenvalue weighted by Crippen LogP contribution is 2.33. The molecule has 0 fully saturated rings. The molecule has 0 spiro atoms. The van der Waals surface area contributed by atoms with E-state index >= 15 is 0 Å². The lowest BCUT2D eigenvalue weighted by atomic mass is 10.0. The minimum absolute atomic E-state index is 0.164. The van der Waals surface area contributed by atoms with Crippen molar-refractivity contribution in [3.63, 3.8) is 0 Å². The van der Waals surface area contributed by atoms with Gasteiger partial charge >= 0.3 is 12.3 Å². The third-order valence-electron chi connectivity index (χ3n) is 2.75. The van der Waals surface area contributed by atoms with Gasteiger partial charge in [-0.25, -0.2) is 9.18 Å². The molecule has 1 heterocycles. The Balaban J connectivity index is 2.30. The lowest BCUT2D eigenvalue weighted by Crippen LogP contribution is -2.31. The van der Waals surface area contributed by atoms with Crippen LogP contribution in [0.4, 0.5) is 22.4 Å². The molecule has 0 radical (unpaired) electrons. The van der Waals surface area contributed by atoms with Crippen LogP contribution in [0, 0.1) is 5.82 Å². The standard InChI is InChI=1S/C12H9F4NO4/c1-11(20-10(18)19)5-9(17-21-11)7-4-6(12(14,15)16)2-3-8(7)13/h2-4H,5H2,1H3,(H,18,19). The summed E-state index contributed by atoms with van der Waals surface area (Å²) in [4.78, 5) is 15.2. The van der Waals surface area contributed by atoms with E-state index in [0.29, 0.717) is 18.2 Å². The van der Waals surface area contributed by atoms with Gasteiger partial charge in [0.2, 0.25) is 0 Å². The summed E-state index contributed by atoms with van der Waals surface area (Å²) in [6, 6.07) is 1.85. The second-order valence-electron chi connectivity index (χ2n) is 4.50. The lowest BCUT2D eigenvalue weighted by molar-refractivity contribution is -0.180. The Morgan fingerprint density at radius 3 is 2.71 bits per heavy atom. The van der Waals surface area contributed by atoms with E-state index in [-0.39, 0.29) is 12.1 Å². The molecule has 0 bridgehead atoms. The van der Waals surface area contributed by atoms with Crippen LogP contribution in [0.5, 0.6) is 0 Å². The maximum absolute atomic E-state index is 13.7. The minimum Gasteiger partial charge on any atom is -0.450 e. The molecular weight excluding hydrogens is 298 g/mol. The first-order chi connectivity index (χ1) is 9.61. The Hall–Kier alpha value is -2.32. The van der Waals surface area contributed by atoms with Gasteiger partial charge in [0, 0.05) is 12.5 Å². The van der Waals surface area contributed by atoms with Gasteiger partial charge in [-0.1, -0.05) is 5.16 Å². The summed E-state index contributed by atoms with van der Waals surface area (Å²) in [5, 5.41) is 11.9. The van der Waals surface area contributed by atoms with Crippen molar-refractivity contribution in [2.45, 2.75) is 25.3 Å². The zero-order chi connectivity index (χ0) is 15.8. The Bertz CT molecular complexity index is 614. The molecule has 2 rings (SSSR count). The zero-order valence-corrected chi connectivity index (χ0v) is 10.6. The van der Waals surface area contributed by atoms with Crippen LogP contribution in [-0.4, -0.2) is 22.8 Å². The number of carboxylic acid groups (broad SMARTS) is 1. The van der Waals surface area contributed by atoms with Crippen LogP contribution in [0.1, 0.15) is 24.5 Å². The summed E-state index contributed by atoms with van der Waals surface area (Å²) in [5.74, 6) is -2.62. The summed E-state index contributed by atoms with van der Waals surface area (Å²) in [6.07, 6.45) is -6.58. The fraction of sp³-hybridized carbons (Fsp3) is 0.333. The number of hydrogen-bond acceptors (Lipinski definition) is 4. The molecule has 1 aliphatic rings. The number of benzene rings is 1. The van der Waals surface area contributed by atoms with E-state index in [9.17, 15) is 22.4 Å². The van der Waals surface area contributed by atoms with Crippen LogP contribution >= 0.6 is 0 Å². The van der Waals surface area contributed by atoms with Crippen molar-refractivity contribution >= 4 is 11.9 Å². The first-order valence-electron chi connectivity index (χ1n) is 5.65. The number of rotatable bonds is 2. The fourth-order valence-corrected chi connectivity index (χ4v) is 1.83. The Kier molecular flexibility index (Phi) is 3.52. The second kappa shape index (κ2) is 4.90. The van der Waals surface area contributed by atoms with Crippen LogP contribution in [0.25, 0.3) is 0 Å². The molecule has 1 atom stereocenters. The first kappa shape index (κ1) is 15.1. The van der Waals surface area contributed by atoms with Crippen LogP contribution < -0.4 is 0 Å². The average molecular weight is 307 g/mol. The molecule has 0 amide bonds. The normalized spacial score (nSPS) is 21.7. The highest BCUT2D eigenvalue weighted by Gasteiger charge is 2.40. The fourth-order valence-electron chi connectivity index (χ4n) is 1.83. The van der Waals surface area contributed by atoms with Crippen LogP contribution in [0.2, 0.25) is 0 Å². The molecule has 0 saturated heterocycles. The molecule has 1 unspecified atom stereocenters. The van der Waals surface area contributed by atoms with Crippen molar-refractivity contribution in [1.29, 1.82) is 0 Å². The third-order valence-corrected chi connectivity index (χ3v) is 2.75. The number of alkyl halides is 3. The zero-order valence-electron chi connectivity index (χ0n) is 10.6. The van der Waals surface area contributed by atoms with Gasteiger partial charge in [-0.2, -0.15) is 13.2 Å². The molecule has 1 N–H and O–H groups in total. The molecule has 114 valence electrons. The summed E-state index contributed by atoms with van der Waals surface area (Å²) in [7, 11) is 0. The number of oxime groups is 1. The molecule has 1 aliphatic heterocycles. The highest BCUT2D eigenvalue weighted by molar-refractivity contribution is 6.02. The molecule has 5 nitrogen and oxygen atoms in total. The van der Waals surface area contributed by atoms with Gasteiger partial charge in [0.05, 0.1) is 17.7 Å². The van der Waals surface area contributed by atoms with E-state index in [1.165, 1.54) is 6.92 Å². The Morgan fingerprint density at radius 2 is 2.14 bits per heavy atom. The molecule has 0 aromatic heterocycles. The van der Waals surface area contributed by atoms with Crippen LogP contribution in [0.3, 0.4) is 0 Å². The maximum atomic E-state index is 13.7. The van der Waals surface area contributed by atoms with Crippen molar-refractivity contribution in [3.8, 4) is 0 Å². The van der Waals surface area contributed by atoms with E-state index in [2.05, 4.69) is 9.89 Å². The number of halogens is 4. The topological polar surface area (TPSA) is 68.1 Å². The van der Waals surface area contributed by atoms with Gasteiger partial charge in [0.1, 0.15) is 5.82 Å². The maximum Gasteiger partial charge on any atom is 0.509 e. The van der Waals surface area contributed by atoms with Gasteiger partial charge < -0.3 is 14.7 Å². The number of carbonyl (C=O) groups is 1. The average Bonchev–Trinajstić information content (AvgIpc) is 2.69. The predicted molar refractivity (Wildman–Crippen MR) is 61.2 cm³/mol. The van der Waals surface area contributed by atoms with Gasteiger partial charge in [0.15, 0.2) is 0 Å². The van der Waals surface area contributed by atoms with Crippen molar-refractivity contribution < 1.29 is 37.0 Å². The summed E-state index contributed by atoms with van der Waals surface area (Å²) < 4.78 is 55.9. The molecule has 21 heavy (non-hydrogen) atoms. The largest absolute Gasteiger partial charge is 0.509 e. The smallest absolute Gasteiger partial charge is 0.450 e. The number of ether oxygens (including phenoxy) is 1. The molecule has 0 aliphatic carbocycles. The highest BCUT2D eigenvalue weighted by atomic mass is 19.4. The summed E-state index contributed by atoms with van der Waals surface area (Å²) >= 11 is 0. The van der Waals surface area contributed by atoms with Gasteiger partial charge in [-0.15, -0.1) is 0 Å². The quantitative estimate of drug-likeness (QED) is 0.672. The van der Waals surface area contributed by atoms with E-state index < -0.39 is 35.1 Å². The van der Waals surface area contributed by atoms with Gasteiger partial charge in [-0.3, -0.25) is 0 Å². The minimum atomic E-state index is -4.64. The van der Waals surface area contributed by atoms with E-state index in [1.807, 2.05) is 0 Å². The van der Waals surface area contributed by atoms with E-state index in [0.717, 1.165) is 0 Å². The lowest BCUT2D eigenvalue weighted by Gasteiger charge is -2.19. The summed E-state index contributed by atoms with van der Waals surface area (Å²) in [5.41, 5.74) is -1.63. The Labute approximate surface area is 115 Å². The van der Waals surface area contributed by atoms with Crippen molar-refractivity contribution in [3.05, 3.63) is 35.1 Å². The third kappa shape index (κ3) is 3.23. The van der Waals surface area contributed by atoms with Gasteiger partial charge in [-0.05, 0) is 18.2 Å². The molecule has 9 heteroatoms. The van der Waals surface area contributed by atoms with Crippen LogP contribution in [0.15, 0.2) is 23.4 Å². The van der Waals surface area contributed by atoms with Crippen molar-refractivity contribution in [1.82, 2.24) is 0 Å². The van der Waals surface area contributed by atoms with Crippen molar-refractivity contribution in [2.75, 3.05) is 0 Å². The first-order valence-corrected chi connectivity index (χ1v) is 5.65. The van der Waals surface area contributed by atoms with E-state index in [1.54, 1.807) is 0 Å². The predicted octanol–water partition coefficient (Wildman–Crippen LogP) is 3.38. The van der Waals surface area contributed by atoms with Gasteiger partial charge in [0.25, 0.3) is 5.79 Å². The Morgan fingerprint density at radius 1 is 1.48 bits per heavy atom. The second-order valence-corrected chi connectivity index (χ2v) is 4.50. The number of nitrogens with zero attached hydrogens (tertiary/aromatic N) is 1. The molecule has 1 aromatic rings. The SMILES string of the molecule is CC1(OC(=O)O)CC(c2cc(C(F)(F)F)ccc2F)=NO1. The van der Waals surface area contributed by atoms with E-state index in [4.69, 9.17) is 9.94 Å². The molecule has 0 saturated carbocycles. The van der Waals surface area contributed by atoms with Crippen molar-refractivity contribution in [2.24, 2.45) is 5.16 Å². The monoisotopic (exact) mass is 307 g/mol. The van der Waals surface area contributed by atoms with Crippen LogP contribution in [-0.2, 0) is 15.8 Å². The summed E-state index contributed by atoms with van der Waals surface area (Å²) in [6.45, 7) is 1.23.